The number of benzene rings is 2. The molecule has 1 aliphatic rings. The van der Waals surface area contributed by atoms with Crippen LogP contribution in [0.5, 0.6) is 5.75 Å². The van der Waals surface area contributed by atoms with Gasteiger partial charge in [0, 0.05) is 25.1 Å². The molecule has 1 heterocycles. The molecule has 0 saturated carbocycles. The van der Waals surface area contributed by atoms with E-state index in [1.165, 1.54) is 12.0 Å². The summed E-state index contributed by atoms with van der Waals surface area (Å²) in [5, 5.41) is 2.85. The fraction of sp³-hybridized carbons (Fsp3) is 0.300. The van der Waals surface area contributed by atoms with Gasteiger partial charge in [0.15, 0.2) is 0 Å². The van der Waals surface area contributed by atoms with E-state index in [-0.39, 0.29) is 17.4 Å². The van der Waals surface area contributed by atoms with Crippen LogP contribution in [0, 0.1) is 17.6 Å². The van der Waals surface area contributed by atoms with Gasteiger partial charge in [-0.2, -0.15) is 0 Å². The van der Waals surface area contributed by atoms with Gasteiger partial charge in [0.25, 0.3) is 5.91 Å². The highest BCUT2D eigenvalue weighted by Crippen LogP contribution is 2.26. The van der Waals surface area contributed by atoms with Crippen molar-refractivity contribution in [3.8, 4) is 5.75 Å². The molecule has 0 unspecified atom stereocenters. The zero-order chi connectivity index (χ0) is 19.4. The number of rotatable bonds is 4. The Balaban J connectivity index is 1.59. The van der Waals surface area contributed by atoms with Gasteiger partial charge in [0.05, 0.1) is 18.4 Å². The van der Waals surface area contributed by atoms with E-state index in [1.807, 2.05) is 6.07 Å². The predicted molar refractivity (Wildman–Crippen MR) is 96.6 cm³/mol. The van der Waals surface area contributed by atoms with Crippen molar-refractivity contribution in [2.45, 2.75) is 12.8 Å². The lowest BCUT2D eigenvalue weighted by molar-refractivity contribution is -0.121. The van der Waals surface area contributed by atoms with Crippen LogP contribution < -0.4 is 10.1 Å². The quantitative estimate of drug-likeness (QED) is 0.892. The van der Waals surface area contributed by atoms with E-state index < -0.39 is 17.5 Å². The minimum atomic E-state index is -0.879. The van der Waals surface area contributed by atoms with E-state index in [4.69, 9.17) is 4.74 Å². The van der Waals surface area contributed by atoms with E-state index in [2.05, 4.69) is 5.32 Å². The largest absolute Gasteiger partial charge is 0.495 e. The lowest BCUT2D eigenvalue weighted by atomic mass is 9.95. The standard InChI is InChI=1S/C20H20F2N2O3/c1-27-18-5-3-2-4-17(18)23-19(25)13-8-10-24(11-9-13)20(26)15-7-6-14(21)12-16(15)22/h2-7,12-13H,8-11H2,1H3,(H,23,25). The number of amides is 2. The van der Waals surface area contributed by atoms with Crippen LogP contribution in [0.4, 0.5) is 14.5 Å². The third-order valence-corrected chi connectivity index (χ3v) is 4.68. The van der Waals surface area contributed by atoms with E-state index in [0.717, 1.165) is 12.1 Å². The van der Waals surface area contributed by atoms with Gasteiger partial charge in [-0.05, 0) is 37.1 Å². The Bertz CT molecular complexity index is 849. The lowest BCUT2D eigenvalue weighted by Gasteiger charge is -2.31. The van der Waals surface area contributed by atoms with Crippen molar-refractivity contribution < 1.29 is 23.1 Å². The summed E-state index contributed by atoms with van der Waals surface area (Å²) in [5.74, 6) is -1.91. The van der Waals surface area contributed by atoms with Gasteiger partial charge in [0.2, 0.25) is 5.91 Å². The number of nitrogens with zero attached hydrogens (tertiary/aromatic N) is 1. The number of anilines is 1. The fourth-order valence-electron chi connectivity index (χ4n) is 3.16. The molecule has 0 aliphatic carbocycles. The summed E-state index contributed by atoms with van der Waals surface area (Å²) in [7, 11) is 1.53. The number of carbonyl (C=O) groups excluding carboxylic acids is 2. The summed E-state index contributed by atoms with van der Waals surface area (Å²) in [6.07, 6.45) is 0.936. The first-order valence-electron chi connectivity index (χ1n) is 8.68. The van der Waals surface area contributed by atoms with Gasteiger partial charge in [-0.1, -0.05) is 12.1 Å². The van der Waals surface area contributed by atoms with Crippen LogP contribution in [0.1, 0.15) is 23.2 Å². The van der Waals surface area contributed by atoms with Crippen LogP contribution in [0.2, 0.25) is 0 Å². The topological polar surface area (TPSA) is 58.6 Å². The van der Waals surface area contributed by atoms with Crippen molar-refractivity contribution in [1.82, 2.24) is 4.90 Å². The average molecular weight is 374 g/mol. The van der Waals surface area contributed by atoms with Crippen molar-refractivity contribution in [1.29, 1.82) is 0 Å². The minimum absolute atomic E-state index is 0.139. The molecule has 1 fully saturated rings. The molecule has 2 aromatic rings. The third kappa shape index (κ3) is 4.24. The summed E-state index contributed by atoms with van der Waals surface area (Å²) in [6.45, 7) is 0.666. The summed E-state index contributed by atoms with van der Waals surface area (Å²) < 4.78 is 32.0. The second-order valence-electron chi connectivity index (χ2n) is 6.38. The molecule has 0 spiro atoms. The Morgan fingerprint density at radius 1 is 1.11 bits per heavy atom. The Labute approximate surface area is 155 Å². The van der Waals surface area contributed by atoms with Crippen molar-refractivity contribution in [3.05, 3.63) is 59.7 Å². The highest BCUT2D eigenvalue weighted by molar-refractivity contribution is 5.96. The van der Waals surface area contributed by atoms with Crippen LogP contribution in [-0.4, -0.2) is 36.9 Å². The minimum Gasteiger partial charge on any atom is -0.495 e. The van der Waals surface area contributed by atoms with E-state index in [0.29, 0.717) is 43.4 Å². The summed E-state index contributed by atoms with van der Waals surface area (Å²) in [5.41, 5.74) is 0.435. The molecule has 1 saturated heterocycles. The first-order valence-corrected chi connectivity index (χ1v) is 8.68. The number of nitrogens with one attached hydrogen (secondary N) is 1. The molecule has 5 nitrogen and oxygen atoms in total. The molecule has 3 rings (SSSR count). The number of piperidine rings is 1. The first-order chi connectivity index (χ1) is 13.0. The van der Waals surface area contributed by atoms with Crippen LogP contribution in [0.25, 0.3) is 0 Å². The smallest absolute Gasteiger partial charge is 0.256 e. The number of likely N-dealkylation sites (tertiary alicyclic amines) is 1. The SMILES string of the molecule is COc1ccccc1NC(=O)C1CCN(C(=O)c2ccc(F)cc2F)CC1. The molecule has 2 aromatic carbocycles. The number of methoxy groups -OCH3 is 1. The molecular weight excluding hydrogens is 354 g/mol. The highest BCUT2D eigenvalue weighted by atomic mass is 19.1. The summed E-state index contributed by atoms with van der Waals surface area (Å²) in [6, 6.07) is 10.0. The lowest BCUT2D eigenvalue weighted by Crippen LogP contribution is -2.41. The van der Waals surface area contributed by atoms with Crippen LogP contribution >= 0.6 is 0 Å². The zero-order valence-electron chi connectivity index (χ0n) is 14.9. The number of hydrogen-bond donors (Lipinski definition) is 1. The Hall–Kier alpha value is -2.96. The molecule has 142 valence electrons. The van der Waals surface area contributed by atoms with Gasteiger partial charge in [-0.3, -0.25) is 9.59 Å². The van der Waals surface area contributed by atoms with Crippen molar-refractivity contribution in [2.75, 3.05) is 25.5 Å². The van der Waals surface area contributed by atoms with Gasteiger partial charge < -0.3 is 15.0 Å². The van der Waals surface area contributed by atoms with E-state index in [9.17, 15) is 18.4 Å². The second-order valence-corrected chi connectivity index (χ2v) is 6.38. The normalized spacial score (nSPS) is 14.7. The molecule has 0 radical (unpaired) electrons. The molecular formula is C20H20F2N2O3. The zero-order valence-corrected chi connectivity index (χ0v) is 14.9. The molecule has 2 amide bonds. The summed E-state index contributed by atoms with van der Waals surface area (Å²) in [4.78, 5) is 26.4. The molecule has 0 atom stereocenters. The van der Waals surface area contributed by atoms with Crippen molar-refractivity contribution >= 4 is 17.5 Å². The van der Waals surface area contributed by atoms with Gasteiger partial charge in [-0.15, -0.1) is 0 Å². The van der Waals surface area contributed by atoms with Crippen molar-refractivity contribution in [2.24, 2.45) is 5.92 Å². The molecule has 7 heteroatoms. The third-order valence-electron chi connectivity index (χ3n) is 4.68. The Morgan fingerprint density at radius 2 is 1.81 bits per heavy atom. The maximum absolute atomic E-state index is 13.8. The van der Waals surface area contributed by atoms with Gasteiger partial charge in [0.1, 0.15) is 17.4 Å². The fourth-order valence-corrected chi connectivity index (χ4v) is 3.16. The van der Waals surface area contributed by atoms with E-state index >= 15 is 0 Å². The Kier molecular flexibility index (Phi) is 5.69. The first kappa shape index (κ1) is 18.8. The molecule has 0 aromatic heterocycles. The van der Waals surface area contributed by atoms with Gasteiger partial charge in [-0.25, -0.2) is 8.78 Å². The molecule has 1 aliphatic heterocycles. The number of ether oxygens (including phenoxy) is 1. The van der Waals surface area contributed by atoms with Crippen molar-refractivity contribution in [3.63, 3.8) is 0 Å². The van der Waals surface area contributed by atoms with Gasteiger partial charge >= 0.3 is 0 Å². The second kappa shape index (κ2) is 8.16. The van der Waals surface area contributed by atoms with Crippen LogP contribution in [0.15, 0.2) is 42.5 Å². The Morgan fingerprint density at radius 3 is 2.48 bits per heavy atom. The number of carbonyl (C=O) groups is 2. The number of hydrogen-bond acceptors (Lipinski definition) is 3. The predicted octanol–water partition coefficient (Wildman–Crippen LogP) is 3.46. The molecule has 27 heavy (non-hydrogen) atoms. The number of para-hydroxylation sites is 2. The molecule has 0 bridgehead atoms. The summed E-state index contributed by atoms with van der Waals surface area (Å²) >= 11 is 0. The van der Waals surface area contributed by atoms with Crippen LogP contribution in [-0.2, 0) is 4.79 Å². The number of halogens is 2. The van der Waals surface area contributed by atoms with Crippen LogP contribution in [0.3, 0.4) is 0 Å². The molecule has 1 N–H and O–H groups in total. The monoisotopic (exact) mass is 374 g/mol. The maximum atomic E-state index is 13.8. The van der Waals surface area contributed by atoms with E-state index in [1.54, 1.807) is 18.2 Å². The highest BCUT2D eigenvalue weighted by Gasteiger charge is 2.29. The average Bonchev–Trinajstić information content (AvgIpc) is 2.68. The maximum Gasteiger partial charge on any atom is 0.256 e.